The van der Waals surface area contributed by atoms with Crippen molar-refractivity contribution in [2.24, 2.45) is 11.8 Å². The largest absolute Gasteiger partial charge is 0.493 e. The second-order valence-corrected chi connectivity index (χ2v) is 15.3. The Labute approximate surface area is 322 Å². The molecule has 0 radical (unpaired) electrons. The van der Waals surface area contributed by atoms with Crippen LogP contribution in [0.2, 0.25) is 0 Å². The van der Waals surface area contributed by atoms with Gasteiger partial charge < -0.3 is 28.4 Å². The van der Waals surface area contributed by atoms with E-state index >= 15 is 0 Å². The summed E-state index contributed by atoms with van der Waals surface area (Å²) in [5, 5.41) is 0. The monoisotopic (exact) mass is 788 g/mol. The minimum Gasteiger partial charge on any atom is -0.493 e. The molecule has 4 aromatic carbocycles. The molecule has 4 atom stereocenters. The maximum Gasteiger partial charge on any atom is 0.261 e. The second kappa shape index (κ2) is 19.4. The Kier molecular flexibility index (Phi) is 14.7. The van der Waals surface area contributed by atoms with Crippen LogP contribution in [0.3, 0.4) is 0 Å². The van der Waals surface area contributed by atoms with Crippen molar-refractivity contribution in [2.45, 2.75) is 63.2 Å². The van der Waals surface area contributed by atoms with Gasteiger partial charge in [0, 0.05) is 12.1 Å². The molecule has 0 bridgehead atoms. The van der Waals surface area contributed by atoms with Crippen LogP contribution in [0.25, 0.3) is 0 Å². The van der Waals surface area contributed by atoms with Gasteiger partial charge in [-0.1, -0.05) is 49.9 Å². The molecule has 292 valence electrons. The van der Waals surface area contributed by atoms with E-state index in [0.29, 0.717) is 43.1 Å². The van der Waals surface area contributed by atoms with Crippen LogP contribution in [0, 0.1) is 23.5 Å². The van der Waals surface area contributed by atoms with Gasteiger partial charge in [-0.25, -0.2) is 8.78 Å². The molecule has 8 rings (SSSR count). The Bertz CT molecular complexity index is 1760. The lowest BCUT2D eigenvalue weighted by Crippen LogP contribution is -2.24. The standard InChI is InChI=1S/2C20H21FO3.CH4O3S.ClH/c2*21-16-7-5-14(6-8-16)18-4-2-1-3-15(18)12-22-17-9-10-19-20(11-17)24-13-23-19;1-5(2,3)4;/h2*5-11,15,18H,1-4,12-13H2;1H3,(H,2,3,4);1H/t2*15-,18?;;/m00../s1. The molecule has 0 saturated heterocycles. The minimum atomic E-state index is -3.67. The van der Waals surface area contributed by atoms with E-state index in [0.717, 1.165) is 60.2 Å². The molecule has 1 N–H and O–H groups in total. The molecule has 54 heavy (non-hydrogen) atoms. The highest BCUT2D eigenvalue weighted by Crippen LogP contribution is 2.41. The number of benzene rings is 4. The first-order chi connectivity index (χ1) is 25.6. The summed E-state index contributed by atoms with van der Waals surface area (Å²) in [5.74, 6) is 6.06. The first-order valence-electron chi connectivity index (χ1n) is 18.1. The third kappa shape index (κ3) is 11.9. The molecule has 2 aliphatic carbocycles. The number of rotatable bonds is 8. The molecular weight excluding hydrogens is 742 g/mol. The average Bonchev–Trinajstić information content (AvgIpc) is 3.83. The van der Waals surface area contributed by atoms with E-state index in [4.69, 9.17) is 33.0 Å². The highest BCUT2D eigenvalue weighted by Gasteiger charge is 2.29. The van der Waals surface area contributed by atoms with Gasteiger partial charge in [-0.2, -0.15) is 8.42 Å². The van der Waals surface area contributed by atoms with E-state index < -0.39 is 10.1 Å². The SMILES string of the molecule is CS(=O)(=O)O.Cl.Fc1ccc(C2CCCC[C@H]2COc2ccc3c(c2)OCO3)cc1.Fc1ccc(C2CCCC[C@H]2COc2ccc3c(c2)OCO3)cc1. The predicted octanol–water partition coefficient (Wildman–Crippen LogP) is 9.74. The van der Waals surface area contributed by atoms with Crippen molar-refractivity contribution >= 4 is 22.5 Å². The lowest BCUT2D eigenvalue weighted by molar-refractivity contribution is 0.172. The number of hydrogen-bond acceptors (Lipinski definition) is 8. The van der Waals surface area contributed by atoms with Gasteiger partial charge in [0.1, 0.15) is 23.1 Å². The van der Waals surface area contributed by atoms with Crippen LogP contribution in [0.1, 0.15) is 74.3 Å². The van der Waals surface area contributed by atoms with Crippen molar-refractivity contribution in [3.63, 3.8) is 0 Å². The lowest BCUT2D eigenvalue weighted by Gasteiger charge is -2.31. The smallest absolute Gasteiger partial charge is 0.261 e. The van der Waals surface area contributed by atoms with E-state index in [1.807, 2.05) is 60.7 Å². The van der Waals surface area contributed by atoms with Crippen LogP contribution >= 0.6 is 12.4 Å². The zero-order valence-electron chi connectivity index (χ0n) is 30.2. The summed E-state index contributed by atoms with van der Waals surface area (Å²) in [6.07, 6.45) is 10.2. The predicted molar refractivity (Wildman–Crippen MR) is 203 cm³/mol. The summed E-state index contributed by atoms with van der Waals surface area (Å²) in [7, 11) is -3.67. The van der Waals surface area contributed by atoms with Gasteiger partial charge in [0.25, 0.3) is 10.1 Å². The fourth-order valence-electron chi connectivity index (χ4n) is 7.45. The summed E-state index contributed by atoms with van der Waals surface area (Å²) in [5.41, 5.74) is 2.44. The first-order valence-corrected chi connectivity index (χ1v) is 19.9. The third-order valence-corrected chi connectivity index (χ3v) is 10.0. The Hall–Kier alpha value is -4.26. The molecule has 2 fully saturated rings. The van der Waals surface area contributed by atoms with Crippen LogP contribution < -0.4 is 28.4 Å². The summed E-state index contributed by atoms with van der Waals surface area (Å²) in [4.78, 5) is 0. The van der Waals surface area contributed by atoms with Crippen molar-refractivity contribution in [3.05, 3.63) is 108 Å². The fraction of sp³-hybridized carbons (Fsp3) is 0.415. The minimum absolute atomic E-state index is 0. The van der Waals surface area contributed by atoms with E-state index in [2.05, 4.69) is 0 Å². The Morgan fingerprint density at radius 2 is 0.944 bits per heavy atom. The Balaban J connectivity index is 0.000000182. The van der Waals surface area contributed by atoms with Crippen molar-refractivity contribution in [1.29, 1.82) is 0 Å². The molecule has 2 heterocycles. The molecule has 0 amide bonds. The zero-order chi connectivity index (χ0) is 37.2. The molecular formula is C41H47ClF2O9S. The normalized spacial score (nSPS) is 21.0. The maximum atomic E-state index is 13.2. The van der Waals surface area contributed by atoms with E-state index in [-0.39, 0.29) is 37.6 Å². The van der Waals surface area contributed by atoms with Gasteiger partial charge in [-0.3, -0.25) is 4.55 Å². The fourth-order valence-corrected chi connectivity index (χ4v) is 7.45. The summed E-state index contributed by atoms with van der Waals surface area (Å²) in [6.45, 7) is 1.88. The van der Waals surface area contributed by atoms with Crippen molar-refractivity contribution in [3.8, 4) is 34.5 Å². The van der Waals surface area contributed by atoms with Gasteiger partial charge in [0.05, 0.1) is 19.5 Å². The third-order valence-electron chi connectivity index (χ3n) is 10.0. The average molecular weight is 789 g/mol. The van der Waals surface area contributed by atoms with E-state index in [9.17, 15) is 17.2 Å². The second-order valence-electron chi connectivity index (χ2n) is 13.8. The molecule has 0 spiro atoms. The maximum absolute atomic E-state index is 13.2. The first kappa shape index (κ1) is 40.9. The highest BCUT2D eigenvalue weighted by atomic mass is 35.5. The van der Waals surface area contributed by atoms with Crippen LogP contribution in [-0.4, -0.2) is 46.0 Å². The topological polar surface area (TPSA) is 110 Å². The van der Waals surface area contributed by atoms with Crippen LogP contribution in [0.15, 0.2) is 84.9 Å². The number of halogens is 3. The van der Waals surface area contributed by atoms with Gasteiger partial charge in [0.2, 0.25) is 13.6 Å². The highest BCUT2D eigenvalue weighted by molar-refractivity contribution is 7.85. The molecule has 9 nitrogen and oxygen atoms in total. The Morgan fingerprint density at radius 1 is 0.593 bits per heavy atom. The molecule has 4 aromatic rings. The van der Waals surface area contributed by atoms with Crippen molar-refractivity contribution < 1.29 is 50.2 Å². The molecule has 0 aromatic heterocycles. The van der Waals surface area contributed by atoms with Gasteiger partial charge in [-0.15, -0.1) is 12.4 Å². The van der Waals surface area contributed by atoms with Crippen molar-refractivity contribution in [1.82, 2.24) is 0 Å². The summed E-state index contributed by atoms with van der Waals surface area (Å²) < 4.78 is 85.7. The molecule has 2 saturated carbocycles. The van der Waals surface area contributed by atoms with Gasteiger partial charge in [0.15, 0.2) is 23.0 Å². The van der Waals surface area contributed by atoms with E-state index in [1.54, 1.807) is 24.3 Å². The van der Waals surface area contributed by atoms with Crippen molar-refractivity contribution in [2.75, 3.05) is 33.1 Å². The van der Waals surface area contributed by atoms with Crippen LogP contribution in [-0.2, 0) is 10.1 Å². The number of ether oxygens (including phenoxy) is 6. The lowest BCUT2D eigenvalue weighted by atomic mass is 9.76. The quantitative estimate of drug-likeness (QED) is 0.175. The van der Waals surface area contributed by atoms with E-state index in [1.165, 1.54) is 36.8 Å². The number of fused-ring (bicyclic) bond motifs is 2. The van der Waals surface area contributed by atoms with Crippen LogP contribution in [0.4, 0.5) is 8.78 Å². The number of hydrogen-bond donors (Lipinski definition) is 1. The van der Waals surface area contributed by atoms with Crippen LogP contribution in [0.5, 0.6) is 34.5 Å². The van der Waals surface area contributed by atoms with Gasteiger partial charge >= 0.3 is 0 Å². The molecule has 2 unspecified atom stereocenters. The zero-order valence-corrected chi connectivity index (χ0v) is 31.8. The molecule has 4 aliphatic rings. The summed E-state index contributed by atoms with van der Waals surface area (Å²) >= 11 is 0. The molecule has 13 heteroatoms. The van der Waals surface area contributed by atoms with Gasteiger partial charge in [-0.05, 0) is 109 Å². The molecule has 2 aliphatic heterocycles. The Morgan fingerprint density at radius 3 is 1.33 bits per heavy atom. The summed E-state index contributed by atoms with van der Waals surface area (Å²) in [6, 6.07) is 25.3.